The number of aryl methyl sites for hydroxylation is 1. The summed E-state index contributed by atoms with van der Waals surface area (Å²) in [5, 5.41) is 12.1. The van der Waals surface area contributed by atoms with E-state index in [0.717, 1.165) is 25.0 Å². The van der Waals surface area contributed by atoms with E-state index in [1.54, 1.807) is 12.1 Å². The van der Waals surface area contributed by atoms with Crippen molar-refractivity contribution in [2.24, 2.45) is 0 Å². The van der Waals surface area contributed by atoms with Crippen LogP contribution in [0.3, 0.4) is 0 Å². The highest BCUT2D eigenvalue weighted by molar-refractivity contribution is 6.19. The molecule has 0 aliphatic carbocycles. The van der Waals surface area contributed by atoms with Gasteiger partial charge in [-0.2, -0.15) is 0 Å². The van der Waals surface area contributed by atoms with Crippen molar-refractivity contribution in [2.45, 2.75) is 77.6 Å². The fourth-order valence-corrected chi connectivity index (χ4v) is 4.27. The van der Waals surface area contributed by atoms with E-state index in [1.165, 1.54) is 63.4 Å². The number of carbonyl (C=O) groups excluding carboxylic acids is 3. The van der Waals surface area contributed by atoms with Gasteiger partial charge in [-0.15, -0.1) is 0 Å². The number of cyclic esters (lactones) is 2. The summed E-state index contributed by atoms with van der Waals surface area (Å²) in [4.78, 5) is 47.9. The quantitative estimate of drug-likeness (QED) is 0.184. The number of carbonyl (C=O) groups is 4. The van der Waals surface area contributed by atoms with Crippen molar-refractivity contribution in [2.75, 3.05) is 5.32 Å². The topological polar surface area (TPSA) is 110 Å². The number of benzene rings is 2. The second kappa shape index (κ2) is 12.8. The van der Waals surface area contributed by atoms with Crippen LogP contribution in [0.4, 0.5) is 5.69 Å². The molecule has 1 amide bonds. The molecule has 2 N–H and O–H groups in total. The standard InChI is InChI=1S/C28H33NO6/c1-2-3-4-5-6-7-8-9-10-11-12-19-13-15-20(16-14-19)29-25(30)21-17-23-24(18-22(21)26(31)32)28(34)35-27(23)33/h13-18H,2-12H2,1H3,(H,29,30)(H,31,32). The maximum atomic E-state index is 12.8. The molecule has 0 saturated heterocycles. The van der Waals surface area contributed by atoms with Crippen molar-refractivity contribution in [3.8, 4) is 0 Å². The molecule has 0 spiro atoms. The lowest BCUT2D eigenvalue weighted by Gasteiger charge is -2.10. The van der Waals surface area contributed by atoms with Gasteiger partial charge in [0.05, 0.1) is 22.3 Å². The zero-order valence-electron chi connectivity index (χ0n) is 20.2. The van der Waals surface area contributed by atoms with Crippen LogP contribution >= 0.6 is 0 Å². The minimum atomic E-state index is -1.38. The average molecular weight is 480 g/mol. The molecule has 0 aromatic heterocycles. The molecule has 3 rings (SSSR count). The summed E-state index contributed by atoms with van der Waals surface area (Å²) in [5.74, 6) is -3.87. The zero-order valence-corrected chi connectivity index (χ0v) is 20.2. The van der Waals surface area contributed by atoms with Crippen LogP contribution in [0.5, 0.6) is 0 Å². The molecular weight excluding hydrogens is 446 g/mol. The van der Waals surface area contributed by atoms with Gasteiger partial charge in [0.1, 0.15) is 0 Å². The molecule has 7 heteroatoms. The smallest absolute Gasteiger partial charge is 0.346 e. The van der Waals surface area contributed by atoms with Gasteiger partial charge in [0.15, 0.2) is 0 Å². The summed E-state index contributed by atoms with van der Waals surface area (Å²) < 4.78 is 4.51. The number of unbranched alkanes of at least 4 members (excludes halogenated alkanes) is 9. The van der Waals surface area contributed by atoms with Gasteiger partial charge >= 0.3 is 17.9 Å². The van der Waals surface area contributed by atoms with Crippen molar-refractivity contribution >= 4 is 29.5 Å². The number of esters is 2. The van der Waals surface area contributed by atoms with Crippen molar-refractivity contribution in [3.05, 3.63) is 64.2 Å². The number of carboxylic acids is 1. The van der Waals surface area contributed by atoms with E-state index in [0.29, 0.717) is 5.69 Å². The lowest BCUT2D eigenvalue weighted by molar-refractivity contribution is 0.0443. The molecule has 1 aliphatic rings. The molecule has 7 nitrogen and oxygen atoms in total. The van der Waals surface area contributed by atoms with Crippen molar-refractivity contribution in [1.82, 2.24) is 0 Å². The first-order chi connectivity index (χ1) is 16.9. The molecule has 0 bridgehead atoms. The highest BCUT2D eigenvalue weighted by atomic mass is 16.6. The molecular formula is C28H33NO6. The number of anilines is 1. The van der Waals surface area contributed by atoms with Crippen molar-refractivity contribution < 1.29 is 29.0 Å². The summed E-state index contributed by atoms with van der Waals surface area (Å²) in [7, 11) is 0. The van der Waals surface area contributed by atoms with Crippen LogP contribution in [0.25, 0.3) is 0 Å². The van der Waals surface area contributed by atoms with Gasteiger partial charge in [0.2, 0.25) is 0 Å². The summed E-state index contributed by atoms with van der Waals surface area (Å²) in [6, 6.07) is 9.54. The summed E-state index contributed by atoms with van der Waals surface area (Å²) in [6.07, 6.45) is 13.9. The van der Waals surface area contributed by atoms with Gasteiger partial charge in [-0.25, -0.2) is 14.4 Å². The largest absolute Gasteiger partial charge is 0.478 e. The third-order valence-corrected chi connectivity index (χ3v) is 6.29. The Kier molecular flexibility index (Phi) is 9.58. The number of hydrogen-bond donors (Lipinski definition) is 2. The van der Waals surface area contributed by atoms with Crippen LogP contribution in [0, 0.1) is 0 Å². The fraction of sp³-hybridized carbons (Fsp3) is 0.429. The van der Waals surface area contributed by atoms with Gasteiger partial charge in [-0.05, 0) is 42.7 Å². The predicted octanol–water partition coefficient (Wildman–Crippen LogP) is 6.41. The lowest BCUT2D eigenvalue weighted by atomic mass is 9.98. The van der Waals surface area contributed by atoms with Crippen LogP contribution in [0.15, 0.2) is 36.4 Å². The summed E-state index contributed by atoms with van der Waals surface area (Å²) in [5.41, 5.74) is 0.838. The molecule has 35 heavy (non-hydrogen) atoms. The van der Waals surface area contributed by atoms with Gasteiger partial charge in [0, 0.05) is 5.69 Å². The SMILES string of the molecule is CCCCCCCCCCCCc1ccc(NC(=O)c2cc3c(cc2C(=O)O)C(=O)OC3=O)cc1. The number of fused-ring (bicyclic) bond motifs is 1. The third-order valence-electron chi connectivity index (χ3n) is 6.29. The van der Waals surface area contributed by atoms with Gasteiger partial charge in [-0.1, -0.05) is 76.8 Å². The van der Waals surface area contributed by atoms with E-state index >= 15 is 0 Å². The Labute approximate surface area is 205 Å². The molecule has 0 unspecified atom stereocenters. The molecule has 1 heterocycles. The molecule has 186 valence electrons. The molecule has 0 fully saturated rings. The number of rotatable bonds is 14. The number of ether oxygens (including phenoxy) is 1. The first-order valence-corrected chi connectivity index (χ1v) is 12.5. The maximum absolute atomic E-state index is 12.8. The first kappa shape index (κ1) is 26.1. The summed E-state index contributed by atoms with van der Waals surface area (Å²) >= 11 is 0. The van der Waals surface area contributed by atoms with E-state index in [-0.39, 0.29) is 22.3 Å². The minimum Gasteiger partial charge on any atom is -0.478 e. The Morgan fingerprint density at radius 3 is 1.83 bits per heavy atom. The van der Waals surface area contributed by atoms with Crippen molar-refractivity contribution in [1.29, 1.82) is 0 Å². The number of nitrogens with one attached hydrogen (secondary N) is 1. The Bertz CT molecular complexity index is 1070. The van der Waals surface area contributed by atoms with Crippen molar-refractivity contribution in [3.63, 3.8) is 0 Å². The van der Waals surface area contributed by atoms with Crippen LogP contribution in [-0.2, 0) is 11.2 Å². The van der Waals surface area contributed by atoms with Crippen LogP contribution in [0.2, 0.25) is 0 Å². The molecule has 1 aliphatic heterocycles. The number of hydrogen-bond acceptors (Lipinski definition) is 5. The molecule has 2 aromatic carbocycles. The van der Waals surface area contributed by atoms with E-state index < -0.39 is 23.8 Å². The van der Waals surface area contributed by atoms with Crippen LogP contribution in [-0.4, -0.2) is 28.9 Å². The second-order valence-corrected chi connectivity index (χ2v) is 9.01. The highest BCUT2D eigenvalue weighted by Gasteiger charge is 2.33. The van der Waals surface area contributed by atoms with E-state index in [1.807, 2.05) is 12.1 Å². The Morgan fingerprint density at radius 2 is 1.29 bits per heavy atom. The molecule has 2 aromatic rings. The Morgan fingerprint density at radius 1 is 0.771 bits per heavy atom. The first-order valence-electron chi connectivity index (χ1n) is 12.5. The van der Waals surface area contributed by atoms with Gasteiger partial charge in [0.25, 0.3) is 5.91 Å². The molecule has 0 saturated carbocycles. The average Bonchev–Trinajstić information content (AvgIpc) is 3.13. The molecule has 0 radical (unpaired) electrons. The fourth-order valence-electron chi connectivity index (χ4n) is 4.27. The van der Waals surface area contributed by atoms with Gasteiger partial charge in [-0.3, -0.25) is 4.79 Å². The zero-order chi connectivity index (χ0) is 25.2. The Hall–Kier alpha value is -3.48. The molecule has 0 atom stereocenters. The van der Waals surface area contributed by atoms with E-state index in [9.17, 15) is 24.3 Å². The van der Waals surface area contributed by atoms with E-state index in [2.05, 4.69) is 17.0 Å². The Balaban J connectivity index is 1.48. The van der Waals surface area contributed by atoms with E-state index in [4.69, 9.17) is 0 Å². The number of amides is 1. The third kappa shape index (κ3) is 7.25. The maximum Gasteiger partial charge on any atom is 0.346 e. The van der Waals surface area contributed by atoms with Crippen LogP contribution < -0.4 is 5.32 Å². The van der Waals surface area contributed by atoms with Gasteiger partial charge < -0.3 is 15.2 Å². The summed E-state index contributed by atoms with van der Waals surface area (Å²) in [6.45, 7) is 2.24. The lowest BCUT2D eigenvalue weighted by Crippen LogP contribution is -2.18. The van der Waals surface area contributed by atoms with Crippen LogP contribution in [0.1, 0.15) is 118 Å². The minimum absolute atomic E-state index is 0.114. The predicted molar refractivity (Wildman–Crippen MR) is 133 cm³/mol. The normalized spacial score (nSPS) is 12.4. The highest BCUT2D eigenvalue weighted by Crippen LogP contribution is 2.25. The number of aromatic carboxylic acids is 1. The number of carboxylic acid groups (broad SMARTS) is 1. The second-order valence-electron chi connectivity index (χ2n) is 9.01. The monoisotopic (exact) mass is 479 g/mol.